The third-order valence-electron chi connectivity index (χ3n) is 3.41. The number of rotatable bonds is 5. The summed E-state index contributed by atoms with van der Waals surface area (Å²) in [5.74, 6) is -0.164. The van der Waals surface area contributed by atoms with E-state index in [-0.39, 0.29) is 24.5 Å². The number of amides is 1. The van der Waals surface area contributed by atoms with Crippen LogP contribution in [0.5, 0.6) is 0 Å². The Kier molecular flexibility index (Phi) is 5.50. The smallest absolute Gasteiger partial charge is 0.224 e. The van der Waals surface area contributed by atoms with E-state index < -0.39 is 0 Å². The standard InChI is InChI=1S/C18H18BrNO2/c1-12-3-4-13(2)16(11-12)20-18(22)10-9-17(21)14-5-7-15(19)8-6-14/h3-8,11H,9-10H2,1-2H3,(H,20,22). The number of nitrogens with one attached hydrogen (secondary N) is 1. The van der Waals surface area contributed by atoms with Crippen LogP contribution in [0.4, 0.5) is 5.69 Å². The van der Waals surface area contributed by atoms with Gasteiger partial charge in [0.15, 0.2) is 5.78 Å². The molecule has 0 bridgehead atoms. The van der Waals surface area contributed by atoms with Gasteiger partial charge in [-0.3, -0.25) is 9.59 Å². The number of halogens is 1. The molecule has 2 aromatic carbocycles. The van der Waals surface area contributed by atoms with Gasteiger partial charge < -0.3 is 5.32 Å². The molecule has 0 aliphatic heterocycles. The molecule has 2 aromatic rings. The molecule has 0 aliphatic carbocycles. The molecule has 2 rings (SSSR count). The normalized spacial score (nSPS) is 10.3. The van der Waals surface area contributed by atoms with Gasteiger partial charge >= 0.3 is 0 Å². The molecule has 0 unspecified atom stereocenters. The highest BCUT2D eigenvalue weighted by molar-refractivity contribution is 9.10. The molecule has 0 fully saturated rings. The average Bonchev–Trinajstić information content (AvgIpc) is 2.49. The lowest BCUT2D eigenvalue weighted by Gasteiger charge is -2.09. The van der Waals surface area contributed by atoms with Gasteiger partial charge in [-0.2, -0.15) is 0 Å². The molecule has 0 saturated carbocycles. The zero-order valence-electron chi connectivity index (χ0n) is 12.7. The van der Waals surface area contributed by atoms with Crippen LogP contribution in [0.3, 0.4) is 0 Å². The summed E-state index contributed by atoms with van der Waals surface area (Å²) in [7, 11) is 0. The SMILES string of the molecule is Cc1ccc(C)c(NC(=O)CCC(=O)c2ccc(Br)cc2)c1. The topological polar surface area (TPSA) is 46.2 Å². The molecule has 0 heterocycles. The van der Waals surface area contributed by atoms with Crippen molar-refractivity contribution < 1.29 is 9.59 Å². The van der Waals surface area contributed by atoms with Gasteiger partial charge in [-0.1, -0.05) is 40.2 Å². The van der Waals surface area contributed by atoms with E-state index in [1.165, 1.54) is 0 Å². The Morgan fingerprint density at radius 1 is 1.00 bits per heavy atom. The minimum absolute atomic E-state index is 0.0244. The van der Waals surface area contributed by atoms with Gasteiger partial charge in [0.2, 0.25) is 5.91 Å². The monoisotopic (exact) mass is 359 g/mol. The first-order valence-corrected chi connectivity index (χ1v) is 7.91. The predicted octanol–water partition coefficient (Wildman–Crippen LogP) is 4.67. The number of carbonyl (C=O) groups is 2. The Labute approximate surface area is 138 Å². The summed E-state index contributed by atoms with van der Waals surface area (Å²) in [4.78, 5) is 24.0. The number of hydrogen-bond donors (Lipinski definition) is 1. The zero-order chi connectivity index (χ0) is 16.1. The van der Waals surface area contributed by atoms with Crippen LogP contribution in [-0.2, 0) is 4.79 Å². The minimum atomic E-state index is -0.140. The van der Waals surface area contributed by atoms with Crippen molar-refractivity contribution in [3.63, 3.8) is 0 Å². The van der Waals surface area contributed by atoms with Crippen LogP contribution in [-0.4, -0.2) is 11.7 Å². The van der Waals surface area contributed by atoms with E-state index in [9.17, 15) is 9.59 Å². The van der Waals surface area contributed by atoms with Gasteiger partial charge in [-0.15, -0.1) is 0 Å². The number of hydrogen-bond acceptors (Lipinski definition) is 2. The van der Waals surface area contributed by atoms with Gasteiger partial charge in [0.05, 0.1) is 0 Å². The fourth-order valence-electron chi connectivity index (χ4n) is 2.09. The van der Waals surface area contributed by atoms with E-state index in [0.29, 0.717) is 5.56 Å². The van der Waals surface area contributed by atoms with E-state index in [2.05, 4.69) is 21.2 Å². The van der Waals surface area contributed by atoms with Crippen LogP contribution in [0.1, 0.15) is 34.3 Å². The third-order valence-corrected chi connectivity index (χ3v) is 3.94. The molecule has 1 N–H and O–H groups in total. The first-order chi connectivity index (χ1) is 10.5. The first-order valence-electron chi connectivity index (χ1n) is 7.11. The van der Waals surface area contributed by atoms with Crippen LogP contribution in [0.2, 0.25) is 0 Å². The highest BCUT2D eigenvalue weighted by Crippen LogP contribution is 2.17. The maximum Gasteiger partial charge on any atom is 0.224 e. The Hall–Kier alpha value is -1.94. The van der Waals surface area contributed by atoms with Gasteiger partial charge in [-0.05, 0) is 43.2 Å². The maximum absolute atomic E-state index is 12.0. The summed E-state index contributed by atoms with van der Waals surface area (Å²) in [6.07, 6.45) is 0.389. The summed E-state index contributed by atoms with van der Waals surface area (Å²) in [5, 5.41) is 2.87. The number of anilines is 1. The second-order valence-electron chi connectivity index (χ2n) is 5.30. The third kappa shape index (κ3) is 4.53. The van der Waals surface area contributed by atoms with E-state index in [0.717, 1.165) is 21.3 Å². The van der Waals surface area contributed by atoms with E-state index in [1.807, 2.05) is 44.2 Å². The zero-order valence-corrected chi connectivity index (χ0v) is 14.2. The van der Waals surface area contributed by atoms with Crippen LogP contribution in [0, 0.1) is 13.8 Å². The molecule has 22 heavy (non-hydrogen) atoms. The van der Waals surface area contributed by atoms with Crippen molar-refractivity contribution in [2.75, 3.05) is 5.32 Å². The fraction of sp³-hybridized carbons (Fsp3) is 0.222. The second kappa shape index (κ2) is 7.36. The van der Waals surface area contributed by atoms with Crippen molar-refractivity contribution in [1.82, 2.24) is 0 Å². The molecular formula is C18H18BrNO2. The van der Waals surface area contributed by atoms with Crippen molar-refractivity contribution in [2.45, 2.75) is 26.7 Å². The Bertz CT molecular complexity index is 693. The van der Waals surface area contributed by atoms with Crippen molar-refractivity contribution >= 4 is 33.3 Å². The first kappa shape index (κ1) is 16.4. The molecule has 3 nitrogen and oxygen atoms in total. The molecule has 1 amide bonds. The molecule has 4 heteroatoms. The second-order valence-corrected chi connectivity index (χ2v) is 6.21. The lowest BCUT2D eigenvalue weighted by molar-refractivity contribution is -0.116. The highest BCUT2D eigenvalue weighted by atomic mass is 79.9. The summed E-state index contributed by atoms with van der Waals surface area (Å²) < 4.78 is 0.928. The van der Waals surface area contributed by atoms with E-state index in [1.54, 1.807) is 12.1 Å². The van der Waals surface area contributed by atoms with Crippen LogP contribution < -0.4 is 5.32 Å². The quantitative estimate of drug-likeness (QED) is 0.788. The summed E-state index contributed by atoms with van der Waals surface area (Å²) in [6.45, 7) is 3.92. The lowest BCUT2D eigenvalue weighted by Crippen LogP contribution is -2.14. The van der Waals surface area contributed by atoms with Crippen LogP contribution in [0.25, 0.3) is 0 Å². The number of benzene rings is 2. The Morgan fingerprint density at radius 2 is 1.68 bits per heavy atom. The van der Waals surface area contributed by atoms with Gasteiger partial charge in [0, 0.05) is 28.6 Å². The molecule has 0 aliphatic rings. The molecular weight excluding hydrogens is 342 g/mol. The van der Waals surface area contributed by atoms with Crippen LogP contribution >= 0.6 is 15.9 Å². The van der Waals surface area contributed by atoms with Gasteiger partial charge in [0.25, 0.3) is 0 Å². The van der Waals surface area contributed by atoms with Crippen molar-refractivity contribution in [1.29, 1.82) is 0 Å². The predicted molar refractivity (Wildman–Crippen MR) is 92.3 cm³/mol. The maximum atomic E-state index is 12.0. The van der Waals surface area contributed by atoms with Crippen molar-refractivity contribution in [3.8, 4) is 0 Å². The number of ketones is 1. The molecule has 0 radical (unpaired) electrons. The Balaban J connectivity index is 1.91. The Morgan fingerprint density at radius 3 is 2.36 bits per heavy atom. The average molecular weight is 360 g/mol. The fourth-order valence-corrected chi connectivity index (χ4v) is 2.35. The molecule has 114 valence electrons. The number of aryl methyl sites for hydroxylation is 2. The summed E-state index contributed by atoms with van der Waals surface area (Å²) in [6, 6.07) is 13.1. The summed E-state index contributed by atoms with van der Waals surface area (Å²) in [5.41, 5.74) is 3.54. The molecule has 0 spiro atoms. The van der Waals surface area contributed by atoms with Gasteiger partial charge in [-0.25, -0.2) is 0 Å². The molecule has 0 aromatic heterocycles. The van der Waals surface area contributed by atoms with E-state index >= 15 is 0 Å². The number of carbonyl (C=O) groups excluding carboxylic acids is 2. The number of Topliss-reactive ketones (excluding diaryl/α,β-unsaturated/α-hetero) is 1. The van der Waals surface area contributed by atoms with Crippen molar-refractivity contribution in [3.05, 3.63) is 63.6 Å². The van der Waals surface area contributed by atoms with Crippen LogP contribution in [0.15, 0.2) is 46.9 Å². The highest BCUT2D eigenvalue weighted by Gasteiger charge is 2.10. The largest absolute Gasteiger partial charge is 0.326 e. The van der Waals surface area contributed by atoms with Crippen molar-refractivity contribution in [2.24, 2.45) is 0 Å². The van der Waals surface area contributed by atoms with E-state index in [4.69, 9.17) is 0 Å². The van der Waals surface area contributed by atoms with Gasteiger partial charge in [0.1, 0.15) is 0 Å². The molecule has 0 saturated heterocycles. The molecule has 0 atom stereocenters. The minimum Gasteiger partial charge on any atom is -0.326 e. The lowest BCUT2D eigenvalue weighted by atomic mass is 10.1. The summed E-state index contributed by atoms with van der Waals surface area (Å²) >= 11 is 3.33.